The summed E-state index contributed by atoms with van der Waals surface area (Å²) < 4.78 is 0. The molecular weight excluding hydrogens is 266 g/mol. The van der Waals surface area contributed by atoms with Crippen LogP contribution in [0.1, 0.15) is 20.8 Å². The third-order valence-electron chi connectivity index (χ3n) is 3.18. The predicted octanol–water partition coefficient (Wildman–Crippen LogP) is 2.94. The van der Waals surface area contributed by atoms with Crippen LogP contribution in [0, 0.1) is 5.41 Å². The minimum Gasteiger partial charge on any atom is -0.337 e. The number of aromatic nitrogens is 4. The summed E-state index contributed by atoms with van der Waals surface area (Å²) in [5.74, 6) is 0.558. The number of rotatable bonds is 2. The van der Waals surface area contributed by atoms with E-state index in [2.05, 4.69) is 25.5 Å². The molecule has 0 atom stereocenters. The molecule has 0 bridgehead atoms. The van der Waals surface area contributed by atoms with Gasteiger partial charge in [-0.25, -0.2) is 4.98 Å². The molecule has 0 saturated heterocycles. The fourth-order valence-corrected chi connectivity index (χ4v) is 1.94. The lowest BCUT2D eigenvalue weighted by Gasteiger charge is -2.17. The van der Waals surface area contributed by atoms with E-state index in [1.807, 2.05) is 45.0 Å². The Labute approximate surface area is 122 Å². The molecule has 6 nitrogen and oxygen atoms in total. The lowest BCUT2D eigenvalue weighted by molar-refractivity contribution is -0.123. The number of imidazole rings is 1. The maximum atomic E-state index is 12.1. The number of aromatic amines is 2. The minimum atomic E-state index is -0.470. The van der Waals surface area contributed by atoms with E-state index in [1.54, 1.807) is 6.20 Å². The number of nitrogens with one attached hydrogen (secondary N) is 3. The van der Waals surface area contributed by atoms with Crippen molar-refractivity contribution < 1.29 is 4.79 Å². The van der Waals surface area contributed by atoms with Crippen LogP contribution in [0.15, 0.2) is 30.5 Å². The Bertz CT molecular complexity index is 761. The first kappa shape index (κ1) is 13.4. The van der Waals surface area contributed by atoms with Crippen molar-refractivity contribution in [3.8, 4) is 11.5 Å². The average Bonchev–Trinajstić information content (AvgIpc) is 3.02. The molecule has 6 heteroatoms. The average molecular weight is 283 g/mol. The molecule has 108 valence electrons. The summed E-state index contributed by atoms with van der Waals surface area (Å²) in [5.41, 5.74) is 2.55. The standard InChI is InChI=1S/C15H17N5O/c1-15(2,3)14(21)19-11-8-16-20-12(11)13-17-9-6-4-5-7-10(9)18-13/h4-8H,1-3H3,(H,16,20)(H,17,18)(H,19,21). The van der Waals surface area contributed by atoms with Gasteiger partial charge in [0.1, 0.15) is 0 Å². The number of hydrogen-bond acceptors (Lipinski definition) is 3. The first-order valence-corrected chi connectivity index (χ1v) is 6.75. The first-order chi connectivity index (χ1) is 9.95. The Hall–Kier alpha value is -2.63. The second kappa shape index (κ2) is 4.73. The summed E-state index contributed by atoms with van der Waals surface area (Å²) in [6.07, 6.45) is 1.66. The van der Waals surface area contributed by atoms with Gasteiger partial charge in [0.2, 0.25) is 5.91 Å². The SMILES string of the molecule is CC(C)(C)C(=O)Nc1c[nH]nc1-c1nc2ccccc2[nH]1. The van der Waals surface area contributed by atoms with Crippen LogP contribution in [-0.2, 0) is 4.79 Å². The number of fused-ring (bicyclic) bond motifs is 1. The van der Waals surface area contributed by atoms with Gasteiger partial charge >= 0.3 is 0 Å². The molecule has 3 N–H and O–H groups in total. The van der Waals surface area contributed by atoms with Crippen molar-refractivity contribution in [3.63, 3.8) is 0 Å². The molecule has 0 radical (unpaired) electrons. The zero-order valence-corrected chi connectivity index (χ0v) is 12.2. The van der Waals surface area contributed by atoms with E-state index in [9.17, 15) is 4.79 Å². The largest absolute Gasteiger partial charge is 0.337 e. The molecule has 0 aliphatic heterocycles. The quantitative estimate of drug-likeness (QED) is 0.675. The Morgan fingerprint density at radius 1 is 1.24 bits per heavy atom. The van der Waals surface area contributed by atoms with Crippen molar-refractivity contribution in [1.29, 1.82) is 0 Å². The fourth-order valence-electron chi connectivity index (χ4n) is 1.94. The number of H-pyrrole nitrogens is 2. The maximum absolute atomic E-state index is 12.1. The van der Waals surface area contributed by atoms with Crippen LogP contribution in [0.25, 0.3) is 22.6 Å². The van der Waals surface area contributed by atoms with E-state index in [-0.39, 0.29) is 5.91 Å². The highest BCUT2D eigenvalue weighted by molar-refractivity contribution is 5.97. The van der Waals surface area contributed by atoms with Gasteiger partial charge in [0.25, 0.3) is 0 Å². The molecule has 0 aliphatic rings. The van der Waals surface area contributed by atoms with Crippen molar-refractivity contribution in [2.75, 3.05) is 5.32 Å². The Balaban J connectivity index is 1.97. The number of amides is 1. The van der Waals surface area contributed by atoms with E-state index in [4.69, 9.17) is 0 Å². The Morgan fingerprint density at radius 3 is 2.71 bits per heavy atom. The third kappa shape index (κ3) is 2.52. The normalized spacial score (nSPS) is 11.8. The van der Waals surface area contributed by atoms with Crippen LogP contribution in [0.5, 0.6) is 0 Å². The van der Waals surface area contributed by atoms with Crippen molar-refractivity contribution in [3.05, 3.63) is 30.5 Å². The summed E-state index contributed by atoms with van der Waals surface area (Å²) in [5, 5.41) is 9.84. The fraction of sp³-hybridized carbons (Fsp3) is 0.267. The highest BCUT2D eigenvalue weighted by Gasteiger charge is 2.23. The highest BCUT2D eigenvalue weighted by atomic mass is 16.2. The summed E-state index contributed by atoms with van der Waals surface area (Å²) >= 11 is 0. The van der Waals surface area contributed by atoms with Crippen LogP contribution < -0.4 is 5.32 Å². The Kier molecular flexibility index (Phi) is 3.01. The molecule has 1 amide bonds. The van der Waals surface area contributed by atoms with Gasteiger partial charge in [-0.2, -0.15) is 5.10 Å². The van der Waals surface area contributed by atoms with Gasteiger partial charge in [-0.15, -0.1) is 0 Å². The van der Waals surface area contributed by atoms with E-state index in [1.165, 1.54) is 0 Å². The van der Waals surface area contributed by atoms with Crippen molar-refractivity contribution in [2.45, 2.75) is 20.8 Å². The Morgan fingerprint density at radius 2 is 2.00 bits per heavy atom. The number of hydrogen-bond donors (Lipinski definition) is 3. The monoisotopic (exact) mass is 283 g/mol. The maximum Gasteiger partial charge on any atom is 0.229 e. The van der Waals surface area contributed by atoms with Crippen LogP contribution >= 0.6 is 0 Å². The molecule has 1 aromatic carbocycles. The van der Waals surface area contributed by atoms with Gasteiger partial charge in [-0.05, 0) is 12.1 Å². The van der Waals surface area contributed by atoms with Gasteiger partial charge < -0.3 is 10.3 Å². The van der Waals surface area contributed by atoms with Gasteiger partial charge in [-0.1, -0.05) is 32.9 Å². The zero-order chi connectivity index (χ0) is 15.0. The van der Waals surface area contributed by atoms with E-state index >= 15 is 0 Å². The number of nitrogens with zero attached hydrogens (tertiary/aromatic N) is 2. The molecular formula is C15H17N5O. The number of carbonyl (C=O) groups excluding carboxylic acids is 1. The van der Waals surface area contributed by atoms with Crippen molar-refractivity contribution in [2.24, 2.45) is 5.41 Å². The number of carbonyl (C=O) groups is 1. The second-order valence-electron chi connectivity index (χ2n) is 5.95. The van der Waals surface area contributed by atoms with Crippen LogP contribution in [-0.4, -0.2) is 26.1 Å². The molecule has 0 spiro atoms. The predicted molar refractivity (Wildman–Crippen MR) is 81.8 cm³/mol. The highest BCUT2D eigenvalue weighted by Crippen LogP contribution is 2.26. The number of anilines is 1. The van der Waals surface area contributed by atoms with Crippen LogP contribution in [0.3, 0.4) is 0 Å². The van der Waals surface area contributed by atoms with Gasteiger partial charge in [-0.3, -0.25) is 9.89 Å². The number of para-hydroxylation sites is 2. The van der Waals surface area contributed by atoms with Gasteiger partial charge in [0.05, 0.1) is 16.7 Å². The molecule has 2 aromatic heterocycles. The molecule has 3 aromatic rings. The van der Waals surface area contributed by atoms with Crippen LogP contribution in [0.4, 0.5) is 5.69 Å². The zero-order valence-electron chi connectivity index (χ0n) is 12.2. The first-order valence-electron chi connectivity index (χ1n) is 6.75. The van der Waals surface area contributed by atoms with Gasteiger partial charge in [0.15, 0.2) is 11.5 Å². The molecule has 0 fully saturated rings. The van der Waals surface area contributed by atoms with E-state index in [0.717, 1.165) is 11.0 Å². The van der Waals surface area contributed by atoms with Crippen molar-refractivity contribution in [1.82, 2.24) is 20.2 Å². The third-order valence-corrected chi connectivity index (χ3v) is 3.18. The lowest BCUT2D eigenvalue weighted by atomic mass is 9.95. The molecule has 0 unspecified atom stereocenters. The molecule has 21 heavy (non-hydrogen) atoms. The van der Waals surface area contributed by atoms with Gasteiger partial charge in [0, 0.05) is 11.6 Å². The molecule has 0 saturated carbocycles. The number of benzene rings is 1. The summed E-state index contributed by atoms with van der Waals surface area (Å²) in [4.78, 5) is 19.8. The molecule has 0 aliphatic carbocycles. The van der Waals surface area contributed by atoms with Crippen molar-refractivity contribution >= 4 is 22.6 Å². The molecule has 3 rings (SSSR count). The smallest absolute Gasteiger partial charge is 0.229 e. The molecule has 2 heterocycles. The topological polar surface area (TPSA) is 86.5 Å². The van der Waals surface area contributed by atoms with E-state index in [0.29, 0.717) is 17.2 Å². The lowest BCUT2D eigenvalue weighted by Crippen LogP contribution is -2.27. The second-order valence-corrected chi connectivity index (χ2v) is 5.95. The van der Waals surface area contributed by atoms with Crippen LogP contribution in [0.2, 0.25) is 0 Å². The van der Waals surface area contributed by atoms with E-state index < -0.39 is 5.41 Å². The summed E-state index contributed by atoms with van der Waals surface area (Å²) in [6.45, 7) is 5.59. The summed E-state index contributed by atoms with van der Waals surface area (Å²) in [7, 11) is 0. The summed E-state index contributed by atoms with van der Waals surface area (Å²) in [6, 6.07) is 7.75. The minimum absolute atomic E-state index is 0.0683.